The maximum absolute atomic E-state index is 11.6. The number of rotatable bonds is 4. The van der Waals surface area contributed by atoms with E-state index in [9.17, 15) is 4.79 Å². The molecule has 0 spiro atoms. The van der Waals surface area contributed by atoms with Crippen molar-refractivity contribution in [1.82, 2.24) is 4.90 Å². The lowest BCUT2D eigenvalue weighted by atomic mass is 10.1. The van der Waals surface area contributed by atoms with Gasteiger partial charge in [0.1, 0.15) is 0 Å². The lowest BCUT2D eigenvalue weighted by Crippen LogP contribution is -2.42. The number of guanidine groups is 1. The molecule has 0 bridgehead atoms. The van der Waals surface area contributed by atoms with E-state index in [2.05, 4.69) is 9.89 Å². The first-order valence-electron chi connectivity index (χ1n) is 7.09. The van der Waals surface area contributed by atoms with Crippen molar-refractivity contribution >= 4 is 23.7 Å². The van der Waals surface area contributed by atoms with Gasteiger partial charge in [0.2, 0.25) is 0 Å². The van der Waals surface area contributed by atoms with Gasteiger partial charge in [-0.25, -0.2) is 9.79 Å². The van der Waals surface area contributed by atoms with Gasteiger partial charge in [-0.15, -0.1) is 0 Å². The molecule has 1 saturated heterocycles. The fourth-order valence-corrected chi connectivity index (χ4v) is 2.93. The first kappa shape index (κ1) is 15.7. The van der Waals surface area contributed by atoms with Gasteiger partial charge in [0.25, 0.3) is 0 Å². The summed E-state index contributed by atoms with van der Waals surface area (Å²) in [6.45, 7) is 4.63. The van der Waals surface area contributed by atoms with Crippen molar-refractivity contribution < 1.29 is 9.53 Å². The molecule has 0 radical (unpaired) electrons. The molecule has 1 aromatic rings. The van der Waals surface area contributed by atoms with Gasteiger partial charge in [0, 0.05) is 24.6 Å². The van der Waals surface area contributed by atoms with Crippen molar-refractivity contribution in [3.8, 4) is 0 Å². The molecule has 21 heavy (non-hydrogen) atoms. The quantitative estimate of drug-likeness (QED) is 0.521. The average Bonchev–Trinajstić information content (AvgIpc) is 2.54. The maximum atomic E-state index is 11.6. The number of ether oxygens (including phenoxy) is 1. The van der Waals surface area contributed by atoms with E-state index in [0.29, 0.717) is 24.7 Å². The number of benzene rings is 1. The largest absolute Gasteiger partial charge is 0.462 e. The van der Waals surface area contributed by atoms with E-state index < -0.39 is 0 Å². The Morgan fingerprint density at radius 3 is 2.62 bits per heavy atom. The number of esters is 1. The van der Waals surface area contributed by atoms with Crippen LogP contribution < -0.4 is 5.73 Å². The predicted molar refractivity (Wildman–Crippen MR) is 86.6 cm³/mol. The third kappa shape index (κ3) is 4.67. The van der Waals surface area contributed by atoms with E-state index in [1.54, 1.807) is 19.1 Å². The van der Waals surface area contributed by atoms with Crippen LogP contribution in [0, 0.1) is 0 Å². The summed E-state index contributed by atoms with van der Waals surface area (Å²) in [4.78, 5) is 18.1. The number of nitrogens with zero attached hydrogens (tertiary/aromatic N) is 2. The Hall–Kier alpha value is -1.69. The molecule has 0 saturated carbocycles. The van der Waals surface area contributed by atoms with E-state index in [-0.39, 0.29) is 5.97 Å². The number of carbonyl (C=O) groups is 1. The van der Waals surface area contributed by atoms with Gasteiger partial charge in [-0.2, -0.15) is 11.8 Å². The van der Waals surface area contributed by atoms with Crippen LogP contribution in [0.15, 0.2) is 29.3 Å². The molecular weight excluding hydrogens is 286 g/mol. The summed E-state index contributed by atoms with van der Waals surface area (Å²) in [6.07, 6.45) is 0. The van der Waals surface area contributed by atoms with Gasteiger partial charge in [0.15, 0.2) is 5.96 Å². The Morgan fingerprint density at radius 1 is 1.33 bits per heavy atom. The van der Waals surface area contributed by atoms with Crippen LogP contribution in [0.25, 0.3) is 0 Å². The van der Waals surface area contributed by atoms with Crippen LogP contribution in [0.3, 0.4) is 0 Å². The Morgan fingerprint density at radius 2 is 2.00 bits per heavy atom. The van der Waals surface area contributed by atoms with E-state index in [1.165, 1.54) is 0 Å². The molecule has 0 aromatic heterocycles. The minimum atomic E-state index is -0.294. The normalized spacial score (nSPS) is 15.9. The Kier molecular flexibility index (Phi) is 5.92. The molecule has 2 rings (SSSR count). The zero-order valence-electron chi connectivity index (χ0n) is 12.2. The van der Waals surface area contributed by atoms with Gasteiger partial charge < -0.3 is 15.4 Å². The molecule has 0 atom stereocenters. The fourth-order valence-electron chi connectivity index (χ4n) is 2.03. The summed E-state index contributed by atoms with van der Waals surface area (Å²) in [7, 11) is 0. The highest BCUT2D eigenvalue weighted by Gasteiger charge is 2.12. The molecule has 1 aliphatic rings. The maximum Gasteiger partial charge on any atom is 0.338 e. The highest BCUT2D eigenvalue weighted by molar-refractivity contribution is 7.99. The number of hydrogen-bond acceptors (Lipinski definition) is 4. The SMILES string of the molecule is CCOC(=O)c1ccc(CN=C(N)N2CCSCC2)cc1. The van der Waals surface area contributed by atoms with Crippen LogP contribution >= 0.6 is 11.8 Å². The molecule has 1 fully saturated rings. The van der Waals surface area contributed by atoms with Crippen LogP contribution in [-0.2, 0) is 11.3 Å². The Labute approximate surface area is 129 Å². The average molecular weight is 307 g/mol. The molecule has 5 nitrogen and oxygen atoms in total. The summed E-state index contributed by atoms with van der Waals surface area (Å²) < 4.78 is 4.95. The zero-order valence-corrected chi connectivity index (χ0v) is 13.1. The van der Waals surface area contributed by atoms with Crippen molar-refractivity contribution in [1.29, 1.82) is 0 Å². The van der Waals surface area contributed by atoms with Crippen molar-refractivity contribution in [2.24, 2.45) is 10.7 Å². The molecule has 1 aromatic carbocycles. The lowest BCUT2D eigenvalue weighted by molar-refractivity contribution is 0.0526. The number of hydrogen-bond donors (Lipinski definition) is 1. The van der Waals surface area contributed by atoms with E-state index in [0.717, 1.165) is 30.2 Å². The second kappa shape index (κ2) is 7.93. The molecule has 2 N–H and O–H groups in total. The van der Waals surface area contributed by atoms with Crippen molar-refractivity contribution in [3.63, 3.8) is 0 Å². The topological polar surface area (TPSA) is 67.9 Å². The number of carbonyl (C=O) groups excluding carboxylic acids is 1. The van der Waals surface area contributed by atoms with Crippen LogP contribution in [0.5, 0.6) is 0 Å². The first-order chi connectivity index (χ1) is 10.2. The van der Waals surface area contributed by atoms with Crippen LogP contribution in [0.4, 0.5) is 0 Å². The van der Waals surface area contributed by atoms with Gasteiger partial charge >= 0.3 is 5.97 Å². The third-order valence-corrected chi connectivity index (χ3v) is 4.17. The van der Waals surface area contributed by atoms with E-state index >= 15 is 0 Å². The lowest BCUT2D eigenvalue weighted by Gasteiger charge is -2.27. The van der Waals surface area contributed by atoms with Gasteiger partial charge in [-0.3, -0.25) is 0 Å². The minimum absolute atomic E-state index is 0.294. The van der Waals surface area contributed by atoms with Crippen molar-refractivity contribution in [2.45, 2.75) is 13.5 Å². The number of aliphatic imine (C=N–C) groups is 1. The fraction of sp³-hybridized carbons (Fsp3) is 0.467. The first-order valence-corrected chi connectivity index (χ1v) is 8.25. The minimum Gasteiger partial charge on any atom is -0.462 e. The van der Waals surface area contributed by atoms with Gasteiger partial charge in [0.05, 0.1) is 18.7 Å². The summed E-state index contributed by atoms with van der Waals surface area (Å²) in [5.41, 5.74) is 7.59. The van der Waals surface area contributed by atoms with Gasteiger partial charge in [-0.05, 0) is 24.6 Å². The molecule has 1 aliphatic heterocycles. The molecule has 6 heteroatoms. The molecule has 1 heterocycles. The highest BCUT2D eigenvalue weighted by atomic mass is 32.2. The Balaban J connectivity index is 1.92. The third-order valence-electron chi connectivity index (χ3n) is 3.22. The second-order valence-corrected chi connectivity index (χ2v) is 5.92. The zero-order chi connectivity index (χ0) is 15.1. The number of thioether (sulfide) groups is 1. The van der Waals surface area contributed by atoms with E-state index in [1.807, 2.05) is 23.9 Å². The van der Waals surface area contributed by atoms with E-state index in [4.69, 9.17) is 10.5 Å². The molecule has 0 amide bonds. The monoisotopic (exact) mass is 307 g/mol. The summed E-state index contributed by atoms with van der Waals surface area (Å²) in [5, 5.41) is 0. The van der Waals surface area contributed by atoms with Crippen molar-refractivity contribution in [3.05, 3.63) is 35.4 Å². The number of nitrogens with two attached hydrogens (primary N) is 1. The summed E-state index contributed by atoms with van der Waals surface area (Å²) in [6, 6.07) is 7.29. The molecule has 0 aliphatic carbocycles. The summed E-state index contributed by atoms with van der Waals surface area (Å²) in [5.74, 6) is 2.51. The van der Waals surface area contributed by atoms with Crippen LogP contribution in [0.2, 0.25) is 0 Å². The van der Waals surface area contributed by atoms with Crippen molar-refractivity contribution in [2.75, 3.05) is 31.2 Å². The second-order valence-electron chi connectivity index (χ2n) is 4.69. The molecule has 0 unspecified atom stereocenters. The van der Waals surface area contributed by atoms with Crippen LogP contribution in [0.1, 0.15) is 22.8 Å². The molecule has 114 valence electrons. The predicted octanol–water partition coefficient (Wildman–Crippen LogP) is 1.73. The van der Waals surface area contributed by atoms with Gasteiger partial charge in [-0.1, -0.05) is 12.1 Å². The smallest absolute Gasteiger partial charge is 0.338 e. The summed E-state index contributed by atoms with van der Waals surface area (Å²) >= 11 is 1.94. The Bertz CT molecular complexity index is 496. The standard InChI is InChI=1S/C15H21N3O2S/c1-2-20-14(19)13-5-3-12(4-6-13)11-17-15(16)18-7-9-21-10-8-18/h3-6H,2,7-11H2,1H3,(H2,16,17). The highest BCUT2D eigenvalue weighted by Crippen LogP contribution is 2.10. The molecular formula is C15H21N3O2S. The van der Waals surface area contributed by atoms with Crippen LogP contribution in [-0.4, -0.2) is 48.0 Å².